The molecule has 3 aromatic rings. The fourth-order valence-corrected chi connectivity index (χ4v) is 7.44. The van der Waals surface area contributed by atoms with Crippen LogP contribution in [0.4, 0.5) is 0 Å². The average molecular weight is 510 g/mol. The first-order valence-corrected chi connectivity index (χ1v) is 13.5. The number of pyridine rings is 1. The SMILES string of the molecule is CCN1C[C@H]2C[C@@H]1[C@H](Oc1c(C)cc(Cl)cc1-c1ccnc3cc(CN4C(=O)CCC4=O)sc13)C2. The number of fused-ring (bicyclic) bond motifs is 3. The van der Waals surface area contributed by atoms with Crippen LogP contribution in [0.2, 0.25) is 5.02 Å². The number of nitrogens with zero attached hydrogens (tertiary/aromatic N) is 3. The van der Waals surface area contributed by atoms with Crippen LogP contribution in [0.15, 0.2) is 30.5 Å². The molecule has 0 N–H and O–H groups in total. The maximum Gasteiger partial charge on any atom is 0.230 e. The molecule has 1 aromatic carbocycles. The average Bonchev–Trinajstić information content (AvgIpc) is 3.60. The summed E-state index contributed by atoms with van der Waals surface area (Å²) in [6.45, 7) is 6.81. The van der Waals surface area contributed by atoms with Gasteiger partial charge in [-0.2, -0.15) is 0 Å². The molecule has 3 aliphatic rings. The number of aromatic nitrogens is 1. The zero-order valence-electron chi connectivity index (χ0n) is 19.9. The Bertz CT molecular complexity index is 1320. The van der Waals surface area contributed by atoms with E-state index in [0.717, 1.165) is 50.5 Å². The molecule has 2 aromatic heterocycles. The maximum absolute atomic E-state index is 12.1. The number of amides is 2. The molecule has 4 heterocycles. The van der Waals surface area contributed by atoms with Gasteiger partial charge in [-0.15, -0.1) is 11.3 Å². The van der Waals surface area contributed by atoms with E-state index in [0.29, 0.717) is 36.4 Å². The number of hydrogen-bond donors (Lipinski definition) is 0. The van der Waals surface area contributed by atoms with Crippen molar-refractivity contribution in [3.05, 3.63) is 45.9 Å². The van der Waals surface area contributed by atoms with Crippen LogP contribution in [0, 0.1) is 12.8 Å². The zero-order valence-corrected chi connectivity index (χ0v) is 21.5. The monoisotopic (exact) mass is 509 g/mol. The second kappa shape index (κ2) is 8.87. The fourth-order valence-electron chi connectivity index (χ4n) is 6.04. The van der Waals surface area contributed by atoms with Crippen molar-refractivity contribution in [2.75, 3.05) is 13.1 Å². The lowest BCUT2D eigenvalue weighted by Crippen LogP contribution is -2.43. The Labute approximate surface area is 213 Å². The maximum atomic E-state index is 12.1. The van der Waals surface area contributed by atoms with E-state index in [1.807, 2.05) is 24.3 Å². The third-order valence-electron chi connectivity index (χ3n) is 7.67. The number of carbonyl (C=O) groups excluding carboxylic acids is 2. The molecule has 0 unspecified atom stereocenters. The number of aryl methyl sites for hydroxylation is 1. The van der Waals surface area contributed by atoms with Crippen molar-refractivity contribution < 1.29 is 14.3 Å². The van der Waals surface area contributed by atoms with Crippen LogP contribution in [0.5, 0.6) is 5.75 Å². The number of carbonyl (C=O) groups is 2. The second-order valence-corrected chi connectivity index (χ2v) is 11.5. The third-order valence-corrected chi connectivity index (χ3v) is 9.03. The lowest BCUT2D eigenvalue weighted by molar-refractivity contribution is -0.138. The van der Waals surface area contributed by atoms with Gasteiger partial charge in [0.15, 0.2) is 0 Å². The van der Waals surface area contributed by atoms with Crippen LogP contribution in [0.3, 0.4) is 0 Å². The number of rotatable bonds is 6. The number of likely N-dealkylation sites (tertiary alicyclic amines) is 2. The van der Waals surface area contributed by atoms with Gasteiger partial charge in [0.25, 0.3) is 0 Å². The number of ether oxygens (including phenoxy) is 1. The van der Waals surface area contributed by atoms with Crippen molar-refractivity contribution in [1.82, 2.24) is 14.8 Å². The summed E-state index contributed by atoms with van der Waals surface area (Å²) in [5.74, 6) is 1.39. The van der Waals surface area contributed by atoms with E-state index in [1.54, 1.807) is 17.5 Å². The fraction of sp³-hybridized carbons (Fsp3) is 0.444. The summed E-state index contributed by atoms with van der Waals surface area (Å²) in [4.78, 5) is 33.7. The highest BCUT2D eigenvalue weighted by Crippen LogP contribution is 2.45. The minimum Gasteiger partial charge on any atom is -0.488 e. The van der Waals surface area contributed by atoms with E-state index in [4.69, 9.17) is 16.3 Å². The minimum absolute atomic E-state index is 0.103. The Balaban J connectivity index is 1.38. The summed E-state index contributed by atoms with van der Waals surface area (Å²) in [5.41, 5.74) is 3.85. The van der Waals surface area contributed by atoms with Crippen molar-refractivity contribution in [2.24, 2.45) is 5.92 Å². The largest absolute Gasteiger partial charge is 0.488 e. The molecule has 8 heteroatoms. The standard InChI is InChI=1S/C27H28ClN3O3S/c1-3-30-13-16-9-22(30)23(10-16)34-26-15(2)8-17(28)11-20(26)19-6-7-29-21-12-18(35-27(19)21)14-31-24(32)4-5-25(31)33/h6-8,11-12,16,22-23H,3-5,9-10,13-14H2,1-2H3/t16-,22+,23+/m0/s1. The smallest absolute Gasteiger partial charge is 0.230 e. The highest BCUT2D eigenvalue weighted by Gasteiger charge is 2.45. The van der Waals surface area contributed by atoms with E-state index in [2.05, 4.69) is 23.7 Å². The molecular formula is C27H28ClN3O3S. The molecule has 0 spiro atoms. The molecule has 2 saturated heterocycles. The molecule has 3 fully saturated rings. The molecule has 0 radical (unpaired) electrons. The predicted molar refractivity (Wildman–Crippen MR) is 138 cm³/mol. The number of piperidine rings is 1. The summed E-state index contributed by atoms with van der Waals surface area (Å²) in [7, 11) is 0. The summed E-state index contributed by atoms with van der Waals surface area (Å²) in [6, 6.07) is 8.40. The summed E-state index contributed by atoms with van der Waals surface area (Å²) >= 11 is 8.11. The summed E-state index contributed by atoms with van der Waals surface area (Å²) < 4.78 is 7.80. The van der Waals surface area contributed by atoms with E-state index < -0.39 is 0 Å². The third kappa shape index (κ3) is 4.03. The molecular weight excluding hydrogens is 482 g/mol. The van der Waals surface area contributed by atoms with Gasteiger partial charge in [0.2, 0.25) is 11.8 Å². The molecule has 2 amide bonds. The first kappa shape index (κ1) is 23.0. The molecule has 1 saturated carbocycles. The van der Waals surface area contributed by atoms with Gasteiger partial charge in [-0.05, 0) is 62.1 Å². The van der Waals surface area contributed by atoms with Gasteiger partial charge in [0.1, 0.15) is 11.9 Å². The van der Waals surface area contributed by atoms with Crippen LogP contribution in [0.25, 0.3) is 21.3 Å². The zero-order chi connectivity index (χ0) is 24.3. The molecule has 182 valence electrons. The van der Waals surface area contributed by atoms with E-state index in [1.165, 1.54) is 17.9 Å². The van der Waals surface area contributed by atoms with Gasteiger partial charge in [0.05, 0.1) is 16.8 Å². The van der Waals surface area contributed by atoms with Crippen molar-refractivity contribution in [1.29, 1.82) is 0 Å². The Morgan fingerprint density at radius 1 is 1.14 bits per heavy atom. The second-order valence-electron chi connectivity index (χ2n) is 9.91. The predicted octanol–water partition coefficient (Wildman–Crippen LogP) is 5.44. The Morgan fingerprint density at radius 2 is 1.94 bits per heavy atom. The van der Waals surface area contributed by atoms with Crippen LogP contribution in [-0.2, 0) is 16.1 Å². The molecule has 1 aliphatic carbocycles. The first-order valence-electron chi connectivity index (χ1n) is 12.3. The highest BCUT2D eigenvalue weighted by molar-refractivity contribution is 7.19. The number of likely N-dealkylation sites (N-methyl/N-ethyl adjacent to an activating group) is 1. The lowest BCUT2D eigenvalue weighted by Gasteiger charge is -2.33. The molecule has 2 aliphatic heterocycles. The topological polar surface area (TPSA) is 62.7 Å². The number of thiophene rings is 1. The summed E-state index contributed by atoms with van der Waals surface area (Å²) in [6.07, 6.45) is 4.88. The van der Waals surface area contributed by atoms with Gasteiger partial charge in [-0.25, -0.2) is 0 Å². The normalized spacial score (nSPS) is 24.3. The minimum atomic E-state index is -0.103. The van der Waals surface area contributed by atoms with Gasteiger partial charge in [0, 0.05) is 52.7 Å². The number of benzene rings is 1. The molecule has 35 heavy (non-hydrogen) atoms. The quantitative estimate of drug-likeness (QED) is 0.414. The van der Waals surface area contributed by atoms with E-state index >= 15 is 0 Å². The van der Waals surface area contributed by atoms with Crippen LogP contribution >= 0.6 is 22.9 Å². The number of imide groups is 1. The molecule has 3 atom stereocenters. The van der Waals surface area contributed by atoms with Crippen LogP contribution in [0.1, 0.15) is 43.0 Å². The Kier molecular flexibility index (Phi) is 5.82. The van der Waals surface area contributed by atoms with Gasteiger partial charge in [-0.1, -0.05) is 18.5 Å². The first-order chi connectivity index (χ1) is 16.9. The van der Waals surface area contributed by atoms with Crippen molar-refractivity contribution in [3.63, 3.8) is 0 Å². The van der Waals surface area contributed by atoms with Crippen molar-refractivity contribution in [2.45, 2.75) is 58.2 Å². The van der Waals surface area contributed by atoms with E-state index in [-0.39, 0.29) is 17.9 Å². The van der Waals surface area contributed by atoms with Crippen molar-refractivity contribution >= 4 is 45.0 Å². The van der Waals surface area contributed by atoms with Crippen LogP contribution in [-0.4, -0.2) is 51.8 Å². The van der Waals surface area contributed by atoms with Crippen molar-refractivity contribution in [3.8, 4) is 16.9 Å². The molecule has 6 nitrogen and oxygen atoms in total. The Hall–Kier alpha value is -2.48. The van der Waals surface area contributed by atoms with Gasteiger partial charge in [-0.3, -0.25) is 24.4 Å². The summed E-state index contributed by atoms with van der Waals surface area (Å²) in [5, 5.41) is 0.669. The highest BCUT2D eigenvalue weighted by atomic mass is 35.5. The van der Waals surface area contributed by atoms with E-state index in [9.17, 15) is 9.59 Å². The molecule has 6 rings (SSSR count). The van der Waals surface area contributed by atoms with Gasteiger partial charge >= 0.3 is 0 Å². The molecule has 2 bridgehead atoms. The Morgan fingerprint density at radius 3 is 2.69 bits per heavy atom. The number of hydrogen-bond acceptors (Lipinski definition) is 6. The van der Waals surface area contributed by atoms with Crippen LogP contribution < -0.4 is 4.74 Å². The number of halogens is 1. The van der Waals surface area contributed by atoms with Gasteiger partial charge < -0.3 is 4.74 Å². The lowest BCUT2D eigenvalue weighted by atomic mass is 10.0.